The van der Waals surface area contributed by atoms with Crippen LogP contribution in [0, 0.1) is 6.92 Å². The van der Waals surface area contributed by atoms with Gasteiger partial charge < -0.3 is 9.88 Å². The normalized spacial score (nSPS) is 16.1. The number of likely N-dealkylation sites (tertiary alicyclic amines) is 1. The summed E-state index contributed by atoms with van der Waals surface area (Å²) < 4.78 is 39.0. The number of halogens is 3. The number of aryl methyl sites for hydroxylation is 1. The van der Waals surface area contributed by atoms with Crippen LogP contribution >= 0.6 is 0 Å². The maximum absolute atomic E-state index is 13.0. The minimum absolute atomic E-state index is 0.210. The van der Waals surface area contributed by atoms with E-state index in [0.29, 0.717) is 0 Å². The fourth-order valence-corrected chi connectivity index (χ4v) is 4.37. The van der Waals surface area contributed by atoms with Crippen molar-refractivity contribution in [2.24, 2.45) is 0 Å². The average Bonchev–Trinajstić information content (AvgIpc) is 3.13. The zero-order chi connectivity index (χ0) is 21.1. The molecule has 0 atom stereocenters. The molecule has 2 nitrogen and oxygen atoms in total. The first-order valence-corrected chi connectivity index (χ1v) is 10.5. The molecule has 3 aromatic rings. The Hall–Kier alpha value is -2.53. The van der Waals surface area contributed by atoms with E-state index in [1.54, 1.807) is 0 Å². The standard InChI is InChI=1S/C25H27F3N2/c1-18-21(17-24(29-18)20-6-3-2-4-7-20)12-15-30-13-10-19(11-14-30)22-8-5-9-23(16-22)25(26,27)28/h2-9,16-17,19,29H,10-15H2,1H3. The lowest BCUT2D eigenvalue weighted by Crippen LogP contribution is -2.34. The highest BCUT2D eigenvalue weighted by Gasteiger charge is 2.31. The number of H-pyrrole nitrogens is 1. The highest BCUT2D eigenvalue weighted by atomic mass is 19.4. The minimum Gasteiger partial charge on any atom is -0.358 e. The molecular formula is C25H27F3N2. The molecule has 0 saturated carbocycles. The Morgan fingerprint density at radius 3 is 2.40 bits per heavy atom. The van der Waals surface area contributed by atoms with Gasteiger partial charge >= 0.3 is 6.18 Å². The van der Waals surface area contributed by atoms with Crippen LogP contribution in [0.1, 0.15) is 41.1 Å². The first-order valence-electron chi connectivity index (χ1n) is 10.5. The Bertz CT molecular complexity index is 968. The number of nitrogens with zero attached hydrogens (tertiary/aromatic N) is 1. The molecule has 0 bridgehead atoms. The van der Waals surface area contributed by atoms with Crippen molar-refractivity contribution >= 4 is 0 Å². The topological polar surface area (TPSA) is 19.0 Å². The van der Waals surface area contributed by atoms with Gasteiger partial charge in [-0.2, -0.15) is 13.2 Å². The summed E-state index contributed by atoms with van der Waals surface area (Å²) in [4.78, 5) is 5.91. The first-order chi connectivity index (χ1) is 14.4. The first kappa shape index (κ1) is 20.7. The number of hydrogen-bond donors (Lipinski definition) is 1. The monoisotopic (exact) mass is 412 g/mol. The smallest absolute Gasteiger partial charge is 0.358 e. The highest BCUT2D eigenvalue weighted by Crippen LogP contribution is 2.34. The van der Waals surface area contributed by atoms with E-state index in [2.05, 4.69) is 35.0 Å². The second-order valence-electron chi connectivity index (χ2n) is 8.19. The second kappa shape index (κ2) is 8.68. The van der Waals surface area contributed by atoms with Crippen molar-refractivity contribution in [3.8, 4) is 11.3 Å². The fourth-order valence-electron chi connectivity index (χ4n) is 4.37. The van der Waals surface area contributed by atoms with E-state index in [-0.39, 0.29) is 5.92 Å². The summed E-state index contributed by atoms with van der Waals surface area (Å²) in [5.74, 6) is 0.210. The molecule has 1 aliphatic rings. The van der Waals surface area contributed by atoms with Crippen molar-refractivity contribution in [1.29, 1.82) is 0 Å². The van der Waals surface area contributed by atoms with Crippen molar-refractivity contribution in [3.63, 3.8) is 0 Å². The quantitative estimate of drug-likeness (QED) is 0.512. The van der Waals surface area contributed by atoms with Gasteiger partial charge in [-0.05, 0) is 74.0 Å². The highest BCUT2D eigenvalue weighted by molar-refractivity contribution is 5.61. The predicted octanol–water partition coefficient (Wildman–Crippen LogP) is 6.43. The van der Waals surface area contributed by atoms with Crippen LogP contribution in [0.2, 0.25) is 0 Å². The summed E-state index contributed by atoms with van der Waals surface area (Å²) in [6.07, 6.45) is -1.49. The molecule has 2 aromatic carbocycles. The van der Waals surface area contributed by atoms with E-state index in [9.17, 15) is 13.2 Å². The van der Waals surface area contributed by atoms with Crippen LogP contribution in [-0.2, 0) is 12.6 Å². The number of aromatic amines is 1. The Kier molecular flexibility index (Phi) is 6.00. The number of alkyl halides is 3. The predicted molar refractivity (Wildman–Crippen MR) is 115 cm³/mol. The van der Waals surface area contributed by atoms with E-state index in [4.69, 9.17) is 0 Å². The lowest BCUT2D eigenvalue weighted by molar-refractivity contribution is -0.137. The summed E-state index contributed by atoms with van der Waals surface area (Å²) in [5.41, 5.74) is 5.14. The Labute approximate surface area is 175 Å². The van der Waals surface area contributed by atoms with Crippen LogP contribution in [0.5, 0.6) is 0 Å². The molecule has 0 aliphatic carbocycles. The Balaban J connectivity index is 1.32. The Morgan fingerprint density at radius 2 is 1.70 bits per heavy atom. The number of piperidine rings is 1. The van der Waals surface area contributed by atoms with Crippen molar-refractivity contribution in [3.05, 3.63) is 83.0 Å². The summed E-state index contributed by atoms with van der Waals surface area (Å²) in [5, 5.41) is 0. The molecule has 4 rings (SSSR count). The van der Waals surface area contributed by atoms with Gasteiger partial charge in [0.25, 0.3) is 0 Å². The third-order valence-corrected chi connectivity index (χ3v) is 6.18. The molecule has 1 saturated heterocycles. The van der Waals surface area contributed by atoms with Gasteiger partial charge in [-0.1, -0.05) is 48.5 Å². The summed E-state index contributed by atoms with van der Waals surface area (Å²) in [7, 11) is 0. The molecule has 0 radical (unpaired) electrons. The third-order valence-electron chi connectivity index (χ3n) is 6.18. The number of nitrogens with one attached hydrogen (secondary N) is 1. The van der Waals surface area contributed by atoms with Crippen LogP contribution in [0.15, 0.2) is 60.7 Å². The van der Waals surface area contributed by atoms with E-state index in [1.807, 2.05) is 24.3 Å². The number of hydrogen-bond acceptors (Lipinski definition) is 1. The number of aromatic nitrogens is 1. The SMILES string of the molecule is Cc1[nH]c(-c2ccccc2)cc1CCN1CCC(c2cccc(C(F)(F)F)c2)CC1. The van der Waals surface area contributed by atoms with Crippen LogP contribution in [0.4, 0.5) is 13.2 Å². The molecule has 1 N–H and O–H groups in total. The van der Waals surface area contributed by atoms with Gasteiger partial charge in [0.2, 0.25) is 0 Å². The van der Waals surface area contributed by atoms with Gasteiger partial charge in [-0.15, -0.1) is 0 Å². The molecular weight excluding hydrogens is 385 g/mol. The zero-order valence-electron chi connectivity index (χ0n) is 17.2. The molecule has 1 aromatic heterocycles. The van der Waals surface area contributed by atoms with E-state index < -0.39 is 11.7 Å². The molecule has 1 fully saturated rings. The summed E-state index contributed by atoms with van der Waals surface area (Å²) in [6, 6.07) is 18.4. The van der Waals surface area contributed by atoms with Gasteiger partial charge in [0, 0.05) is 17.9 Å². The minimum atomic E-state index is -4.27. The fraction of sp³-hybridized carbons (Fsp3) is 0.360. The van der Waals surface area contributed by atoms with Crippen LogP contribution in [0.3, 0.4) is 0 Å². The molecule has 30 heavy (non-hydrogen) atoms. The van der Waals surface area contributed by atoms with E-state index >= 15 is 0 Å². The zero-order valence-corrected chi connectivity index (χ0v) is 17.2. The van der Waals surface area contributed by atoms with Crippen LogP contribution in [0.25, 0.3) is 11.3 Å². The lowest BCUT2D eigenvalue weighted by Gasteiger charge is -2.32. The van der Waals surface area contributed by atoms with Gasteiger partial charge in [-0.3, -0.25) is 0 Å². The lowest BCUT2D eigenvalue weighted by atomic mass is 9.88. The molecule has 0 spiro atoms. The van der Waals surface area contributed by atoms with Gasteiger partial charge in [0.05, 0.1) is 5.56 Å². The van der Waals surface area contributed by atoms with Gasteiger partial charge in [0.15, 0.2) is 0 Å². The number of rotatable bonds is 5. The summed E-state index contributed by atoms with van der Waals surface area (Å²) in [6.45, 7) is 4.94. The molecule has 1 aliphatic heterocycles. The van der Waals surface area contributed by atoms with Crippen molar-refractivity contribution in [2.45, 2.75) is 38.3 Å². The third kappa shape index (κ3) is 4.78. The van der Waals surface area contributed by atoms with Crippen LogP contribution < -0.4 is 0 Å². The molecule has 2 heterocycles. The van der Waals surface area contributed by atoms with Crippen molar-refractivity contribution in [1.82, 2.24) is 9.88 Å². The maximum atomic E-state index is 13.0. The van der Waals surface area contributed by atoms with Crippen molar-refractivity contribution in [2.75, 3.05) is 19.6 Å². The van der Waals surface area contributed by atoms with Gasteiger partial charge in [0.1, 0.15) is 0 Å². The van der Waals surface area contributed by atoms with E-state index in [0.717, 1.165) is 56.2 Å². The Morgan fingerprint density at radius 1 is 0.967 bits per heavy atom. The molecule has 158 valence electrons. The summed E-state index contributed by atoms with van der Waals surface area (Å²) >= 11 is 0. The second-order valence-corrected chi connectivity index (χ2v) is 8.19. The van der Waals surface area contributed by atoms with Gasteiger partial charge in [-0.25, -0.2) is 0 Å². The number of benzene rings is 2. The van der Waals surface area contributed by atoms with E-state index in [1.165, 1.54) is 29.0 Å². The average molecular weight is 412 g/mol. The molecule has 0 amide bonds. The molecule has 5 heteroatoms. The molecule has 0 unspecified atom stereocenters. The largest absolute Gasteiger partial charge is 0.416 e. The maximum Gasteiger partial charge on any atom is 0.416 e. The van der Waals surface area contributed by atoms with Crippen LogP contribution in [-0.4, -0.2) is 29.5 Å². The van der Waals surface area contributed by atoms with Crippen molar-refractivity contribution < 1.29 is 13.2 Å².